The van der Waals surface area contributed by atoms with Gasteiger partial charge < -0.3 is 15.0 Å². The summed E-state index contributed by atoms with van der Waals surface area (Å²) < 4.78 is 32.4. The van der Waals surface area contributed by atoms with Crippen molar-refractivity contribution in [2.45, 2.75) is 65.3 Å². The summed E-state index contributed by atoms with van der Waals surface area (Å²) in [6.07, 6.45) is 6.16. The van der Waals surface area contributed by atoms with Crippen LogP contribution >= 0.6 is 12.2 Å². The first-order valence-electron chi connectivity index (χ1n) is 11.2. The molecule has 1 aromatic rings. The number of carbonyl (C=O) groups excluding carboxylic acids is 1. The summed E-state index contributed by atoms with van der Waals surface area (Å²) in [5, 5.41) is 3.74. The van der Waals surface area contributed by atoms with E-state index in [9.17, 15) is 13.2 Å². The van der Waals surface area contributed by atoms with Crippen LogP contribution in [0.1, 0.15) is 70.9 Å². The van der Waals surface area contributed by atoms with Crippen molar-refractivity contribution in [2.24, 2.45) is 0 Å². The number of unbranched alkanes of at least 4 members (excludes halogenated alkanes) is 5. The van der Waals surface area contributed by atoms with E-state index in [1.54, 1.807) is 24.3 Å². The average molecular weight is 482 g/mol. The first-order valence-corrected chi connectivity index (χ1v) is 13.3. The van der Waals surface area contributed by atoms with Crippen LogP contribution < -0.4 is 10.0 Å². The fourth-order valence-corrected chi connectivity index (χ4v) is 5.40. The van der Waals surface area contributed by atoms with Gasteiger partial charge in [-0.25, -0.2) is 13.2 Å². The lowest BCUT2D eigenvalue weighted by Crippen LogP contribution is -2.47. The molecule has 0 aromatic heterocycles. The van der Waals surface area contributed by atoms with Gasteiger partial charge >= 0.3 is 5.97 Å². The number of rotatable bonds is 12. The van der Waals surface area contributed by atoms with E-state index in [-0.39, 0.29) is 5.75 Å². The number of hydrogen-bond acceptors (Lipinski definition) is 5. The third-order valence-corrected chi connectivity index (χ3v) is 7.31. The van der Waals surface area contributed by atoms with Crippen LogP contribution in [0.25, 0.3) is 0 Å². The summed E-state index contributed by atoms with van der Waals surface area (Å²) in [7, 11) is -2.05. The van der Waals surface area contributed by atoms with Crippen LogP contribution in [0.5, 0.6) is 0 Å². The number of hydrogen-bond donors (Lipinski definition) is 2. The predicted octanol–water partition coefficient (Wildman–Crippen LogP) is 4.49. The summed E-state index contributed by atoms with van der Waals surface area (Å²) in [4.78, 5) is 14.3. The molecule has 1 aliphatic rings. The highest BCUT2D eigenvalue weighted by Crippen LogP contribution is 2.31. The van der Waals surface area contributed by atoms with Crippen LogP contribution in [0.3, 0.4) is 0 Å². The van der Waals surface area contributed by atoms with Gasteiger partial charge in [0.2, 0.25) is 10.0 Å². The molecule has 7 nitrogen and oxygen atoms in total. The Bertz CT molecular complexity index is 927. The number of carbonyl (C=O) groups is 1. The fourth-order valence-electron chi connectivity index (χ4n) is 3.83. The van der Waals surface area contributed by atoms with Gasteiger partial charge in [-0.05, 0) is 50.2 Å². The van der Waals surface area contributed by atoms with E-state index in [2.05, 4.69) is 17.0 Å². The van der Waals surface area contributed by atoms with Crippen LogP contribution in [0.15, 0.2) is 35.5 Å². The molecule has 0 spiro atoms. The minimum Gasteiger partial charge on any atom is -0.466 e. The molecule has 0 saturated carbocycles. The number of anilines is 1. The van der Waals surface area contributed by atoms with Crippen molar-refractivity contribution in [3.8, 4) is 0 Å². The van der Waals surface area contributed by atoms with Gasteiger partial charge in [0.05, 0.1) is 24.5 Å². The quantitative estimate of drug-likeness (QED) is 0.258. The molecule has 0 radical (unpaired) electrons. The Labute approximate surface area is 197 Å². The van der Waals surface area contributed by atoms with Gasteiger partial charge in [-0.2, -0.15) is 0 Å². The molecular weight excluding hydrogens is 446 g/mol. The van der Waals surface area contributed by atoms with E-state index >= 15 is 0 Å². The molecule has 1 aliphatic heterocycles. The van der Waals surface area contributed by atoms with Gasteiger partial charge in [0.1, 0.15) is 0 Å². The van der Waals surface area contributed by atoms with Crippen molar-refractivity contribution >= 4 is 39.0 Å². The maximum absolute atomic E-state index is 12.5. The van der Waals surface area contributed by atoms with Crippen molar-refractivity contribution in [1.29, 1.82) is 0 Å². The Morgan fingerprint density at radius 3 is 2.34 bits per heavy atom. The lowest BCUT2D eigenvalue weighted by Gasteiger charge is -2.36. The molecule has 2 N–H and O–H groups in total. The molecule has 1 heterocycles. The SMILES string of the molecule is CCCCCCCCS(=O)(=O)Nc1ccc(C2NC(=S)N(CC)C(C)=C2C(=O)OC)cc1. The van der Waals surface area contributed by atoms with Crippen molar-refractivity contribution in [1.82, 2.24) is 10.2 Å². The molecule has 0 amide bonds. The second-order valence-electron chi connectivity index (χ2n) is 7.93. The summed E-state index contributed by atoms with van der Waals surface area (Å²) in [5.74, 6) is -0.315. The van der Waals surface area contributed by atoms with E-state index in [0.717, 1.165) is 30.5 Å². The molecule has 9 heteroatoms. The summed E-state index contributed by atoms with van der Waals surface area (Å²) in [5.41, 5.74) is 2.52. The normalized spacial score (nSPS) is 16.7. The number of thiocarbonyl (C=S) groups is 1. The van der Waals surface area contributed by atoms with Crippen LogP contribution in [-0.2, 0) is 19.6 Å². The highest BCUT2D eigenvalue weighted by molar-refractivity contribution is 7.92. The molecule has 0 fully saturated rings. The number of ether oxygens (including phenoxy) is 1. The summed E-state index contributed by atoms with van der Waals surface area (Å²) >= 11 is 5.46. The van der Waals surface area contributed by atoms with Crippen molar-refractivity contribution in [3.05, 3.63) is 41.1 Å². The Morgan fingerprint density at radius 2 is 1.75 bits per heavy atom. The lowest BCUT2D eigenvalue weighted by molar-refractivity contribution is -0.136. The Morgan fingerprint density at radius 1 is 1.12 bits per heavy atom. The van der Waals surface area contributed by atoms with Crippen LogP contribution in [0.2, 0.25) is 0 Å². The molecular formula is C23H35N3O4S2. The van der Waals surface area contributed by atoms with E-state index in [4.69, 9.17) is 17.0 Å². The van der Waals surface area contributed by atoms with Gasteiger partial charge in [-0.15, -0.1) is 0 Å². The highest BCUT2D eigenvalue weighted by atomic mass is 32.2. The molecule has 0 saturated heterocycles. The maximum atomic E-state index is 12.5. The number of sulfonamides is 1. The number of esters is 1. The number of methoxy groups -OCH3 is 1. The fraction of sp³-hybridized carbons (Fsp3) is 0.565. The third kappa shape index (κ3) is 6.93. The smallest absolute Gasteiger partial charge is 0.337 e. The van der Waals surface area contributed by atoms with Crippen LogP contribution in [-0.4, -0.2) is 43.8 Å². The largest absolute Gasteiger partial charge is 0.466 e. The average Bonchev–Trinajstić information content (AvgIpc) is 2.76. The third-order valence-electron chi connectivity index (χ3n) is 5.60. The Kier molecular flexibility index (Phi) is 9.96. The van der Waals surface area contributed by atoms with Gasteiger partial charge in [-0.3, -0.25) is 4.72 Å². The highest BCUT2D eigenvalue weighted by Gasteiger charge is 2.33. The van der Waals surface area contributed by atoms with E-state index < -0.39 is 22.0 Å². The molecule has 2 rings (SSSR count). The van der Waals surface area contributed by atoms with Gasteiger partial charge in [-0.1, -0.05) is 51.2 Å². The first-order chi connectivity index (χ1) is 15.2. The summed E-state index contributed by atoms with van der Waals surface area (Å²) in [6.45, 7) is 6.59. The molecule has 1 atom stereocenters. The standard InChI is InChI=1S/C23H35N3O4S2/c1-5-7-8-9-10-11-16-32(28,29)25-19-14-12-18(13-15-19)21-20(22(27)30-4)17(3)26(6-2)23(31)24-21/h12-15,21,25H,5-11,16H2,1-4H3,(H,24,31). The molecule has 1 aromatic carbocycles. The minimum absolute atomic E-state index is 0.112. The number of nitrogens with one attached hydrogen (secondary N) is 2. The van der Waals surface area contributed by atoms with Gasteiger partial charge in [0.25, 0.3) is 0 Å². The van der Waals surface area contributed by atoms with Gasteiger partial charge in [0, 0.05) is 17.9 Å². The van der Waals surface area contributed by atoms with Crippen LogP contribution in [0.4, 0.5) is 5.69 Å². The Balaban J connectivity index is 2.10. The maximum Gasteiger partial charge on any atom is 0.337 e. The van der Waals surface area contributed by atoms with Crippen molar-refractivity contribution < 1.29 is 17.9 Å². The monoisotopic (exact) mass is 481 g/mol. The zero-order chi connectivity index (χ0) is 23.7. The second-order valence-corrected chi connectivity index (χ2v) is 10.2. The topological polar surface area (TPSA) is 87.7 Å². The predicted molar refractivity (Wildman–Crippen MR) is 133 cm³/mol. The summed E-state index contributed by atoms with van der Waals surface area (Å²) in [6, 6.07) is 6.53. The molecule has 32 heavy (non-hydrogen) atoms. The molecule has 1 unspecified atom stereocenters. The Hall–Kier alpha value is -2.13. The number of allylic oxidation sites excluding steroid dienone is 1. The zero-order valence-corrected chi connectivity index (χ0v) is 21.1. The van der Waals surface area contributed by atoms with E-state index in [0.29, 0.717) is 29.3 Å². The zero-order valence-electron chi connectivity index (χ0n) is 19.4. The number of nitrogens with zero attached hydrogens (tertiary/aromatic N) is 1. The van der Waals surface area contributed by atoms with Crippen molar-refractivity contribution in [2.75, 3.05) is 24.1 Å². The molecule has 178 valence electrons. The molecule has 0 aliphatic carbocycles. The lowest BCUT2D eigenvalue weighted by atomic mass is 9.95. The first kappa shape index (κ1) is 26.1. The second kappa shape index (κ2) is 12.2. The molecule has 0 bridgehead atoms. The van der Waals surface area contributed by atoms with Crippen LogP contribution in [0, 0.1) is 0 Å². The number of benzene rings is 1. The van der Waals surface area contributed by atoms with E-state index in [1.807, 2.05) is 18.7 Å². The minimum atomic E-state index is -3.40. The van der Waals surface area contributed by atoms with Gasteiger partial charge in [0.15, 0.2) is 5.11 Å². The van der Waals surface area contributed by atoms with Crippen molar-refractivity contribution in [3.63, 3.8) is 0 Å². The van der Waals surface area contributed by atoms with E-state index in [1.165, 1.54) is 20.0 Å².